The molecule has 1 aromatic rings. The van der Waals surface area contributed by atoms with Crippen molar-refractivity contribution in [2.24, 2.45) is 0 Å². The van der Waals surface area contributed by atoms with Crippen LogP contribution in [0.25, 0.3) is 0 Å². The number of anilines is 1. The second-order valence-electron chi connectivity index (χ2n) is 5.32. The molecule has 1 atom stereocenters. The number of benzene rings is 1. The Labute approximate surface area is 105 Å². The summed E-state index contributed by atoms with van der Waals surface area (Å²) in [4.78, 5) is 2.54. The normalized spacial score (nSPS) is 25.0. The molecule has 0 saturated carbocycles. The standard InChI is InChI=1S/C15H24N2/c1-4-13-8-5-6-9-14(13)17-11-7-10-15(2,12-17)16-3/h5-6,8-9,16H,4,7,10-12H2,1-3H3. The van der Waals surface area contributed by atoms with Crippen LogP contribution < -0.4 is 10.2 Å². The van der Waals surface area contributed by atoms with Gasteiger partial charge in [-0.05, 0) is 44.9 Å². The Morgan fingerprint density at radius 2 is 2.12 bits per heavy atom. The molecule has 2 heteroatoms. The summed E-state index contributed by atoms with van der Waals surface area (Å²) in [5.41, 5.74) is 3.16. The van der Waals surface area contributed by atoms with Crippen LogP contribution in [0.5, 0.6) is 0 Å². The number of likely N-dealkylation sites (N-methyl/N-ethyl adjacent to an activating group) is 1. The highest BCUT2D eigenvalue weighted by Crippen LogP contribution is 2.28. The first-order valence-electron chi connectivity index (χ1n) is 6.70. The monoisotopic (exact) mass is 232 g/mol. The van der Waals surface area contributed by atoms with E-state index < -0.39 is 0 Å². The van der Waals surface area contributed by atoms with Crippen molar-refractivity contribution in [1.29, 1.82) is 0 Å². The lowest BCUT2D eigenvalue weighted by atomic mass is 9.90. The van der Waals surface area contributed by atoms with Crippen molar-refractivity contribution in [3.8, 4) is 0 Å². The third-order valence-electron chi connectivity index (χ3n) is 4.01. The highest BCUT2D eigenvalue weighted by molar-refractivity contribution is 5.54. The molecule has 2 nitrogen and oxygen atoms in total. The maximum absolute atomic E-state index is 3.48. The van der Waals surface area contributed by atoms with Crippen LogP contribution >= 0.6 is 0 Å². The predicted octanol–water partition coefficient (Wildman–Crippen LogP) is 2.83. The summed E-state index contributed by atoms with van der Waals surface area (Å²) in [5.74, 6) is 0. The van der Waals surface area contributed by atoms with Gasteiger partial charge in [0.05, 0.1) is 0 Å². The first kappa shape index (κ1) is 12.4. The van der Waals surface area contributed by atoms with Crippen molar-refractivity contribution >= 4 is 5.69 Å². The number of hydrogen-bond donors (Lipinski definition) is 1. The van der Waals surface area contributed by atoms with E-state index >= 15 is 0 Å². The van der Waals surface area contributed by atoms with Crippen molar-refractivity contribution in [3.05, 3.63) is 29.8 Å². The minimum Gasteiger partial charge on any atom is -0.369 e. The molecule has 1 aliphatic rings. The van der Waals surface area contributed by atoms with E-state index in [0.29, 0.717) is 0 Å². The molecular formula is C15H24N2. The Kier molecular flexibility index (Phi) is 3.72. The molecule has 0 spiro atoms. The molecule has 1 fully saturated rings. The number of hydrogen-bond acceptors (Lipinski definition) is 2. The Bertz CT molecular complexity index is 375. The van der Waals surface area contributed by atoms with Crippen LogP contribution in [0.15, 0.2) is 24.3 Å². The lowest BCUT2D eigenvalue weighted by Gasteiger charge is -2.42. The Morgan fingerprint density at radius 3 is 2.82 bits per heavy atom. The quantitative estimate of drug-likeness (QED) is 0.862. The highest BCUT2D eigenvalue weighted by Gasteiger charge is 2.29. The second kappa shape index (κ2) is 5.09. The van der Waals surface area contributed by atoms with Crippen LogP contribution in [0.2, 0.25) is 0 Å². The lowest BCUT2D eigenvalue weighted by molar-refractivity contribution is 0.316. The first-order valence-corrected chi connectivity index (χ1v) is 6.70. The van der Waals surface area contributed by atoms with Gasteiger partial charge in [-0.3, -0.25) is 0 Å². The van der Waals surface area contributed by atoms with Crippen molar-refractivity contribution in [2.45, 2.75) is 38.6 Å². The zero-order valence-corrected chi connectivity index (χ0v) is 11.3. The Morgan fingerprint density at radius 1 is 1.35 bits per heavy atom. The summed E-state index contributed by atoms with van der Waals surface area (Å²) < 4.78 is 0. The molecular weight excluding hydrogens is 208 g/mol. The maximum atomic E-state index is 3.48. The van der Waals surface area contributed by atoms with E-state index in [-0.39, 0.29) is 5.54 Å². The van der Waals surface area contributed by atoms with Gasteiger partial charge >= 0.3 is 0 Å². The Hall–Kier alpha value is -1.02. The Balaban J connectivity index is 2.22. The van der Waals surface area contributed by atoms with Gasteiger partial charge in [-0.2, -0.15) is 0 Å². The topological polar surface area (TPSA) is 15.3 Å². The van der Waals surface area contributed by atoms with Crippen LogP contribution in [0.4, 0.5) is 5.69 Å². The molecule has 0 bridgehead atoms. The first-order chi connectivity index (χ1) is 8.18. The number of piperidine rings is 1. The number of aryl methyl sites for hydroxylation is 1. The van der Waals surface area contributed by atoms with Gasteiger partial charge in [0, 0.05) is 24.3 Å². The van der Waals surface area contributed by atoms with E-state index in [2.05, 4.69) is 55.4 Å². The summed E-state index contributed by atoms with van der Waals surface area (Å²) >= 11 is 0. The smallest absolute Gasteiger partial charge is 0.0399 e. The van der Waals surface area contributed by atoms with Crippen LogP contribution in [0, 0.1) is 0 Å². The molecule has 0 radical (unpaired) electrons. The molecule has 1 aromatic carbocycles. The van der Waals surface area contributed by atoms with Gasteiger partial charge in [-0.25, -0.2) is 0 Å². The molecule has 2 rings (SSSR count). The zero-order valence-electron chi connectivity index (χ0n) is 11.3. The highest BCUT2D eigenvalue weighted by atomic mass is 15.2. The minimum absolute atomic E-state index is 0.263. The number of para-hydroxylation sites is 1. The third-order valence-corrected chi connectivity index (χ3v) is 4.01. The fraction of sp³-hybridized carbons (Fsp3) is 0.600. The van der Waals surface area contributed by atoms with Gasteiger partial charge in [-0.15, -0.1) is 0 Å². The molecule has 1 heterocycles. The second-order valence-corrected chi connectivity index (χ2v) is 5.32. The molecule has 0 amide bonds. The summed E-state index contributed by atoms with van der Waals surface area (Å²) in [6.07, 6.45) is 3.66. The van der Waals surface area contributed by atoms with Gasteiger partial charge in [-0.1, -0.05) is 25.1 Å². The summed E-state index contributed by atoms with van der Waals surface area (Å²) in [6, 6.07) is 8.81. The van der Waals surface area contributed by atoms with Crippen molar-refractivity contribution in [1.82, 2.24) is 5.32 Å². The van der Waals surface area contributed by atoms with Gasteiger partial charge in [0.25, 0.3) is 0 Å². The molecule has 1 aliphatic heterocycles. The van der Waals surface area contributed by atoms with Crippen molar-refractivity contribution in [2.75, 3.05) is 25.0 Å². The number of rotatable bonds is 3. The number of nitrogens with zero attached hydrogens (tertiary/aromatic N) is 1. The van der Waals surface area contributed by atoms with E-state index in [9.17, 15) is 0 Å². The number of nitrogens with one attached hydrogen (secondary N) is 1. The molecule has 1 saturated heterocycles. The van der Waals surface area contributed by atoms with Gasteiger partial charge in [0.1, 0.15) is 0 Å². The molecule has 17 heavy (non-hydrogen) atoms. The van der Waals surface area contributed by atoms with Crippen LogP contribution in [0.1, 0.15) is 32.3 Å². The van der Waals surface area contributed by atoms with E-state index in [1.165, 1.54) is 30.6 Å². The minimum atomic E-state index is 0.263. The molecule has 1 N–H and O–H groups in total. The third kappa shape index (κ3) is 2.63. The zero-order chi connectivity index (χ0) is 12.3. The van der Waals surface area contributed by atoms with Crippen LogP contribution in [0.3, 0.4) is 0 Å². The predicted molar refractivity (Wildman–Crippen MR) is 74.7 cm³/mol. The summed E-state index contributed by atoms with van der Waals surface area (Å²) in [7, 11) is 2.08. The maximum Gasteiger partial charge on any atom is 0.0399 e. The van der Waals surface area contributed by atoms with Gasteiger partial charge in [0.15, 0.2) is 0 Å². The average molecular weight is 232 g/mol. The van der Waals surface area contributed by atoms with Crippen LogP contribution in [-0.4, -0.2) is 25.7 Å². The van der Waals surface area contributed by atoms with E-state index in [1.54, 1.807) is 0 Å². The van der Waals surface area contributed by atoms with Gasteiger partial charge < -0.3 is 10.2 Å². The SMILES string of the molecule is CCc1ccccc1N1CCCC(C)(NC)C1. The fourth-order valence-electron chi connectivity index (χ4n) is 2.77. The lowest BCUT2D eigenvalue weighted by Crippen LogP contribution is -2.54. The fourth-order valence-corrected chi connectivity index (χ4v) is 2.77. The summed E-state index contributed by atoms with van der Waals surface area (Å²) in [6.45, 7) is 6.86. The summed E-state index contributed by atoms with van der Waals surface area (Å²) in [5, 5.41) is 3.48. The molecule has 0 aliphatic carbocycles. The molecule has 94 valence electrons. The van der Waals surface area contributed by atoms with Crippen LogP contribution in [-0.2, 0) is 6.42 Å². The van der Waals surface area contributed by atoms with E-state index in [0.717, 1.165) is 13.0 Å². The largest absolute Gasteiger partial charge is 0.369 e. The molecule has 0 aromatic heterocycles. The van der Waals surface area contributed by atoms with Crippen molar-refractivity contribution < 1.29 is 0 Å². The average Bonchev–Trinajstić information content (AvgIpc) is 2.39. The van der Waals surface area contributed by atoms with E-state index in [1.807, 2.05) is 0 Å². The van der Waals surface area contributed by atoms with Crippen molar-refractivity contribution in [3.63, 3.8) is 0 Å². The van der Waals surface area contributed by atoms with E-state index in [4.69, 9.17) is 0 Å². The van der Waals surface area contributed by atoms with Gasteiger partial charge in [0.2, 0.25) is 0 Å². The molecule has 1 unspecified atom stereocenters.